The highest BCUT2D eigenvalue weighted by molar-refractivity contribution is 6.08. The summed E-state index contributed by atoms with van der Waals surface area (Å²) in [5.41, 5.74) is 0.884. The number of nitro groups is 1. The number of nitro benzene ring substituents is 1. The SMILES string of the molecule is CC(=O)NC(=Cc1cccc([N+](=O)[O-])c1)C(=O)Nc1ccccc1. The molecule has 7 heteroatoms. The largest absolute Gasteiger partial charge is 0.322 e. The Morgan fingerprint density at radius 1 is 1.08 bits per heavy atom. The third kappa shape index (κ3) is 4.77. The van der Waals surface area contributed by atoms with Gasteiger partial charge in [0.2, 0.25) is 5.91 Å². The number of rotatable bonds is 5. The number of hydrogen-bond donors (Lipinski definition) is 2. The molecule has 24 heavy (non-hydrogen) atoms. The molecule has 2 aromatic carbocycles. The Bertz CT molecular complexity index is 800. The molecule has 0 aliphatic carbocycles. The molecule has 0 unspecified atom stereocenters. The van der Waals surface area contributed by atoms with Gasteiger partial charge in [-0.05, 0) is 23.8 Å². The molecule has 0 saturated heterocycles. The summed E-state index contributed by atoms with van der Waals surface area (Å²) in [7, 11) is 0. The number of nitrogens with zero attached hydrogens (tertiary/aromatic N) is 1. The number of benzene rings is 2. The molecule has 0 aromatic heterocycles. The van der Waals surface area contributed by atoms with Crippen LogP contribution in [-0.4, -0.2) is 16.7 Å². The molecule has 2 N–H and O–H groups in total. The van der Waals surface area contributed by atoms with Crippen molar-refractivity contribution < 1.29 is 14.5 Å². The number of anilines is 1. The van der Waals surface area contributed by atoms with E-state index in [9.17, 15) is 19.7 Å². The van der Waals surface area contributed by atoms with Crippen LogP contribution in [0.5, 0.6) is 0 Å². The van der Waals surface area contributed by atoms with Gasteiger partial charge in [0.05, 0.1) is 4.92 Å². The predicted octanol–water partition coefficient (Wildman–Crippen LogP) is 2.71. The van der Waals surface area contributed by atoms with Crippen LogP contribution < -0.4 is 10.6 Å². The Balaban J connectivity index is 2.30. The molecule has 0 spiro atoms. The highest BCUT2D eigenvalue weighted by Gasteiger charge is 2.12. The molecule has 2 aromatic rings. The Kier molecular flexibility index (Phi) is 5.40. The van der Waals surface area contributed by atoms with E-state index in [-0.39, 0.29) is 11.4 Å². The molecular weight excluding hydrogens is 310 g/mol. The monoisotopic (exact) mass is 325 g/mol. The zero-order valence-corrected chi connectivity index (χ0v) is 12.9. The van der Waals surface area contributed by atoms with Gasteiger partial charge in [-0.2, -0.15) is 0 Å². The molecule has 0 radical (unpaired) electrons. The summed E-state index contributed by atoms with van der Waals surface area (Å²) in [6, 6.07) is 14.5. The van der Waals surface area contributed by atoms with Crippen LogP contribution in [-0.2, 0) is 9.59 Å². The van der Waals surface area contributed by atoms with Gasteiger partial charge in [0.15, 0.2) is 0 Å². The first-order chi connectivity index (χ1) is 11.5. The van der Waals surface area contributed by atoms with Crippen LogP contribution in [0.25, 0.3) is 6.08 Å². The van der Waals surface area contributed by atoms with Crippen LogP contribution in [0.15, 0.2) is 60.3 Å². The fourth-order valence-corrected chi connectivity index (χ4v) is 1.96. The van der Waals surface area contributed by atoms with Gasteiger partial charge in [0, 0.05) is 24.7 Å². The number of nitrogens with one attached hydrogen (secondary N) is 2. The van der Waals surface area contributed by atoms with E-state index in [0.717, 1.165) is 0 Å². The third-order valence-electron chi connectivity index (χ3n) is 2.98. The topological polar surface area (TPSA) is 101 Å². The summed E-state index contributed by atoms with van der Waals surface area (Å²) < 4.78 is 0. The van der Waals surface area contributed by atoms with Crippen molar-refractivity contribution in [3.05, 3.63) is 76.0 Å². The number of amides is 2. The van der Waals surface area contributed by atoms with Crippen LogP contribution >= 0.6 is 0 Å². The van der Waals surface area contributed by atoms with E-state index in [0.29, 0.717) is 11.3 Å². The lowest BCUT2D eigenvalue weighted by atomic mass is 10.1. The smallest absolute Gasteiger partial charge is 0.272 e. The minimum atomic E-state index is -0.528. The van der Waals surface area contributed by atoms with E-state index in [1.54, 1.807) is 30.3 Å². The van der Waals surface area contributed by atoms with Gasteiger partial charge in [-0.1, -0.05) is 30.3 Å². The van der Waals surface area contributed by atoms with E-state index in [2.05, 4.69) is 10.6 Å². The zero-order chi connectivity index (χ0) is 17.5. The Hall–Kier alpha value is -3.48. The first-order valence-electron chi connectivity index (χ1n) is 7.06. The van der Waals surface area contributed by atoms with E-state index >= 15 is 0 Å². The van der Waals surface area contributed by atoms with Gasteiger partial charge in [-0.25, -0.2) is 0 Å². The molecule has 2 amide bonds. The number of para-hydroxylation sites is 1. The van der Waals surface area contributed by atoms with Crippen molar-refractivity contribution in [2.24, 2.45) is 0 Å². The van der Waals surface area contributed by atoms with Crippen molar-refractivity contribution in [3.63, 3.8) is 0 Å². The van der Waals surface area contributed by atoms with E-state index in [4.69, 9.17) is 0 Å². The third-order valence-corrected chi connectivity index (χ3v) is 2.98. The average Bonchev–Trinajstić information content (AvgIpc) is 2.55. The van der Waals surface area contributed by atoms with Crippen LogP contribution in [0, 0.1) is 10.1 Å². The molecule has 122 valence electrons. The molecule has 0 aliphatic heterocycles. The van der Waals surface area contributed by atoms with Crippen molar-refractivity contribution in [1.82, 2.24) is 5.32 Å². The van der Waals surface area contributed by atoms with E-state index < -0.39 is 16.7 Å². The van der Waals surface area contributed by atoms with Crippen molar-refractivity contribution in [2.45, 2.75) is 6.92 Å². The van der Waals surface area contributed by atoms with Crippen LogP contribution in [0.2, 0.25) is 0 Å². The standard InChI is InChI=1S/C17H15N3O4/c1-12(21)18-16(17(22)19-14-7-3-2-4-8-14)11-13-6-5-9-15(10-13)20(23)24/h2-11H,1H3,(H,18,21)(H,19,22). The van der Waals surface area contributed by atoms with Crippen molar-refractivity contribution in [2.75, 3.05) is 5.32 Å². The highest BCUT2D eigenvalue weighted by atomic mass is 16.6. The number of carbonyl (C=O) groups is 2. The van der Waals surface area contributed by atoms with Crippen molar-refractivity contribution in [1.29, 1.82) is 0 Å². The summed E-state index contributed by atoms with van der Waals surface area (Å²) in [5.74, 6) is -0.946. The first-order valence-corrected chi connectivity index (χ1v) is 7.06. The van der Waals surface area contributed by atoms with Crippen LogP contribution in [0.1, 0.15) is 12.5 Å². The summed E-state index contributed by atoms with van der Waals surface area (Å²) in [6.07, 6.45) is 1.38. The minimum Gasteiger partial charge on any atom is -0.322 e. The summed E-state index contributed by atoms with van der Waals surface area (Å²) in [4.78, 5) is 34.0. The second-order valence-electron chi connectivity index (χ2n) is 4.91. The lowest BCUT2D eigenvalue weighted by molar-refractivity contribution is -0.384. The fourth-order valence-electron chi connectivity index (χ4n) is 1.96. The molecule has 7 nitrogen and oxygen atoms in total. The second kappa shape index (κ2) is 7.68. The van der Waals surface area contributed by atoms with E-state index in [1.807, 2.05) is 6.07 Å². The number of carbonyl (C=O) groups excluding carboxylic acids is 2. The maximum Gasteiger partial charge on any atom is 0.272 e. The molecule has 0 bridgehead atoms. The fraction of sp³-hybridized carbons (Fsp3) is 0.0588. The lowest BCUT2D eigenvalue weighted by Crippen LogP contribution is -2.28. The molecule has 0 aliphatic rings. The average molecular weight is 325 g/mol. The Morgan fingerprint density at radius 3 is 2.42 bits per heavy atom. The molecule has 2 rings (SSSR count). The van der Waals surface area contributed by atoms with Crippen LogP contribution in [0.3, 0.4) is 0 Å². The van der Waals surface area contributed by atoms with Gasteiger partial charge in [-0.15, -0.1) is 0 Å². The molecule has 0 atom stereocenters. The minimum absolute atomic E-state index is 0.00755. The molecule has 0 fully saturated rings. The van der Waals surface area contributed by atoms with Crippen LogP contribution in [0.4, 0.5) is 11.4 Å². The summed E-state index contributed by atoms with van der Waals surface area (Å²) in [6.45, 7) is 1.27. The lowest BCUT2D eigenvalue weighted by Gasteiger charge is -2.09. The van der Waals surface area contributed by atoms with E-state index in [1.165, 1.54) is 31.2 Å². The highest BCUT2D eigenvalue weighted by Crippen LogP contribution is 2.16. The van der Waals surface area contributed by atoms with Gasteiger partial charge in [-0.3, -0.25) is 19.7 Å². The summed E-state index contributed by atoms with van der Waals surface area (Å²) in [5, 5.41) is 15.9. The maximum atomic E-state index is 12.3. The predicted molar refractivity (Wildman–Crippen MR) is 90.0 cm³/mol. The normalized spacial score (nSPS) is 10.8. The van der Waals surface area contributed by atoms with Gasteiger partial charge in [0.25, 0.3) is 11.6 Å². The van der Waals surface area contributed by atoms with Gasteiger partial charge < -0.3 is 10.6 Å². The number of non-ortho nitro benzene ring substituents is 1. The Morgan fingerprint density at radius 2 is 1.79 bits per heavy atom. The van der Waals surface area contributed by atoms with Crippen molar-refractivity contribution >= 4 is 29.3 Å². The van der Waals surface area contributed by atoms with Crippen molar-refractivity contribution in [3.8, 4) is 0 Å². The molecule has 0 saturated carbocycles. The Labute approximate surface area is 138 Å². The zero-order valence-electron chi connectivity index (χ0n) is 12.9. The van der Waals surface area contributed by atoms with Gasteiger partial charge >= 0.3 is 0 Å². The maximum absolute atomic E-state index is 12.3. The first kappa shape index (κ1) is 16.9. The number of hydrogen-bond acceptors (Lipinski definition) is 4. The molecule has 0 heterocycles. The summed E-state index contributed by atoms with van der Waals surface area (Å²) >= 11 is 0. The quantitative estimate of drug-likeness (QED) is 0.501. The second-order valence-corrected chi connectivity index (χ2v) is 4.91. The molecular formula is C17H15N3O4. The van der Waals surface area contributed by atoms with Gasteiger partial charge in [0.1, 0.15) is 5.70 Å².